The van der Waals surface area contributed by atoms with Crippen LogP contribution in [0.25, 0.3) is 11.1 Å². The molecule has 0 radical (unpaired) electrons. The van der Waals surface area contributed by atoms with Gasteiger partial charge in [0.05, 0.1) is 24.2 Å². The van der Waals surface area contributed by atoms with Gasteiger partial charge in [-0.3, -0.25) is 19.4 Å². The number of benzene rings is 2. The number of amides is 2. The minimum absolute atomic E-state index is 0.0290. The van der Waals surface area contributed by atoms with Crippen molar-refractivity contribution in [3.8, 4) is 11.1 Å². The number of carbonyl (C=O) groups is 3. The van der Waals surface area contributed by atoms with Crippen molar-refractivity contribution in [1.82, 2.24) is 4.98 Å². The van der Waals surface area contributed by atoms with Crippen LogP contribution in [-0.4, -0.2) is 40.4 Å². The van der Waals surface area contributed by atoms with Gasteiger partial charge in [0.25, 0.3) is 5.91 Å². The van der Waals surface area contributed by atoms with E-state index in [9.17, 15) is 18.8 Å². The monoisotopic (exact) mass is 522 g/mol. The fourth-order valence-corrected chi connectivity index (χ4v) is 5.09. The van der Waals surface area contributed by atoms with Crippen molar-refractivity contribution >= 4 is 40.9 Å². The third kappa shape index (κ3) is 6.15. The topological polar surface area (TPSA) is 123 Å². The average Bonchev–Trinajstić information content (AvgIpc) is 3.15. The largest absolute Gasteiger partial charge is 0.464 e. The van der Waals surface area contributed by atoms with Crippen LogP contribution in [0.5, 0.6) is 0 Å². The van der Waals surface area contributed by atoms with Gasteiger partial charge in [-0.2, -0.15) is 0 Å². The van der Waals surface area contributed by atoms with Crippen LogP contribution in [0.15, 0.2) is 60.9 Å². The summed E-state index contributed by atoms with van der Waals surface area (Å²) in [5.74, 6) is -1.56. The first-order valence-electron chi connectivity index (χ1n) is 11.6. The van der Waals surface area contributed by atoms with Crippen molar-refractivity contribution in [3.63, 3.8) is 0 Å². The highest BCUT2D eigenvalue weighted by atomic mass is 32.2. The number of nitrogens with zero attached hydrogens (tertiary/aromatic N) is 1. The molecule has 1 atom stereocenters. The lowest BCUT2D eigenvalue weighted by Gasteiger charge is -2.20. The zero-order chi connectivity index (χ0) is 26.6. The maximum absolute atomic E-state index is 13.9. The van der Waals surface area contributed by atoms with Crippen LogP contribution in [-0.2, 0) is 20.9 Å². The van der Waals surface area contributed by atoms with Crippen LogP contribution in [0, 0.1) is 11.2 Å². The molecule has 2 heterocycles. The molecule has 1 unspecified atom stereocenters. The molecule has 1 aliphatic heterocycles. The number of ether oxygens (including phenoxy) is 1. The summed E-state index contributed by atoms with van der Waals surface area (Å²) >= 11 is 1.26. The van der Waals surface area contributed by atoms with E-state index in [2.05, 4.69) is 15.6 Å². The zero-order valence-electron chi connectivity index (χ0n) is 20.4. The molecule has 4 rings (SSSR count). The molecule has 37 heavy (non-hydrogen) atoms. The Morgan fingerprint density at radius 3 is 2.70 bits per heavy atom. The predicted octanol–water partition coefficient (Wildman–Crippen LogP) is 4.22. The summed E-state index contributed by atoms with van der Waals surface area (Å²) in [6.45, 7) is 4.45. The van der Waals surface area contributed by atoms with E-state index < -0.39 is 17.0 Å². The maximum Gasteiger partial charge on any atom is 0.319 e. The number of cyclic esters (lactones) is 1. The van der Waals surface area contributed by atoms with Gasteiger partial charge in [0.1, 0.15) is 5.25 Å². The van der Waals surface area contributed by atoms with Gasteiger partial charge >= 0.3 is 5.97 Å². The van der Waals surface area contributed by atoms with Crippen molar-refractivity contribution < 1.29 is 23.5 Å². The van der Waals surface area contributed by atoms with Gasteiger partial charge in [0.15, 0.2) is 5.82 Å². The number of carbonyl (C=O) groups excluding carboxylic acids is 3. The van der Waals surface area contributed by atoms with Crippen LogP contribution in [0.1, 0.15) is 29.8 Å². The van der Waals surface area contributed by atoms with Crippen molar-refractivity contribution in [1.29, 1.82) is 0 Å². The van der Waals surface area contributed by atoms with E-state index in [1.807, 2.05) is 19.9 Å². The number of thioether (sulfide) groups is 1. The molecule has 0 saturated carbocycles. The molecule has 0 spiro atoms. The van der Waals surface area contributed by atoms with Crippen molar-refractivity contribution in [2.24, 2.45) is 11.1 Å². The third-order valence-corrected chi connectivity index (χ3v) is 7.55. The molecule has 1 saturated heterocycles. The Morgan fingerprint density at radius 1 is 1.19 bits per heavy atom. The molecule has 2 amide bonds. The van der Waals surface area contributed by atoms with Gasteiger partial charge in [-0.15, -0.1) is 11.8 Å². The van der Waals surface area contributed by atoms with Gasteiger partial charge in [0, 0.05) is 29.4 Å². The fourth-order valence-electron chi connectivity index (χ4n) is 3.98. The molecule has 1 aliphatic rings. The van der Waals surface area contributed by atoms with E-state index in [0.29, 0.717) is 23.4 Å². The molecule has 2 aromatic carbocycles. The Bertz CT molecular complexity index is 1350. The van der Waals surface area contributed by atoms with Crippen LogP contribution >= 0.6 is 11.8 Å². The molecule has 192 valence electrons. The van der Waals surface area contributed by atoms with E-state index >= 15 is 0 Å². The Kier molecular flexibility index (Phi) is 7.89. The average molecular weight is 523 g/mol. The molecule has 1 aromatic heterocycles. The fraction of sp³-hybridized carbons (Fsp3) is 0.259. The van der Waals surface area contributed by atoms with Crippen molar-refractivity contribution in [3.05, 3.63) is 77.9 Å². The standard InChI is InChI=1S/C27H27FN4O4S/c1-27(2)15-36-26(35)24(27)37-14-23(33)31-19-5-3-4-16(10-19)20-11-17(6-7-18(20)12-29)25(34)32-22-8-9-30-13-21(22)28/h3-11,13,24H,12,14-15,29H2,1-2H3,(H,31,33)(H,30,32,34). The van der Waals surface area contributed by atoms with Crippen LogP contribution in [0.2, 0.25) is 0 Å². The normalized spacial score (nSPS) is 16.2. The molecule has 1 fully saturated rings. The molecule has 3 aromatic rings. The zero-order valence-corrected chi connectivity index (χ0v) is 21.2. The van der Waals surface area contributed by atoms with Crippen molar-refractivity contribution in [2.45, 2.75) is 25.6 Å². The number of hydrogen-bond donors (Lipinski definition) is 3. The number of pyridine rings is 1. The van der Waals surface area contributed by atoms with E-state index in [1.54, 1.807) is 36.4 Å². The van der Waals surface area contributed by atoms with E-state index in [4.69, 9.17) is 10.5 Å². The van der Waals surface area contributed by atoms with E-state index in [0.717, 1.165) is 17.3 Å². The van der Waals surface area contributed by atoms with E-state index in [1.165, 1.54) is 24.0 Å². The summed E-state index contributed by atoms with van der Waals surface area (Å²) in [4.78, 5) is 41.1. The lowest BCUT2D eigenvalue weighted by atomic mass is 9.92. The summed E-state index contributed by atoms with van der Waals surface area (Å²) in [5, 5.41) is 5.01. The number of nitrogens with two attached hydrogens (primary N) is 1. The molecule has 4 N–H and O–H groups in total. The summed E-state index contributed by atoms with van der Waals surface area (Å²) < 4.78 is 19.1. The quantitative estimate of drug-likeness (QED) is 0.379. The van der Waals surface area contributed by atoms with Crippen LogP contribution in [0.3, 0.4) is 0 Å². The number of anilines is 2. The molecular weight excluding hydrogens is 495 g/mol. The molecular formula is C27H27FN4O4S. The summed E-state index contributed by atoms with van der Waals surface area (Å²) in [6, 6.07) is 13.6. The minimum Gasteiger partial charge on any atom is -0.464 e. The summed E-state index contributed by atoms with van der Waals surface area (Å²) in [6.07, 6.45) is 2.41. The molecule has 10 heteroatoms. The highest BCUT2D eigenvalue weighted by molar-refractivity contribution is 8.01. The SMILES string of the molecule is CC1(C)COC(=O)C1SCC(=O)Nc1cccc(-c2cc(C(=O)Nc3ccncc3F)ccc2CN)c1. The highest BCUT2D eigenvalue weighted by Gasteiger charge is 2.44. The lowest BCUT2D eigenvalue weighted by Crippen LogP contribution is -2.29. The lowest BCUT2D eigenvalue weighted by molar-refractivity contribution is -0.137. The second-order valence-corrected chi connectivity index (χ2v) is 10.4. The number of esters is 1. The Balaban J connectivity index is 1.49. The second-order valence-electron chi connectivity index (χ2n) is 9.30. The molecule has 0 aliphatic carbocycles. The Labute approximate surface area is 218 Å². The van der Waals surface area contributed by atoms with E-state index in [-0.39, 0.29) is 35.3 Å². The smallest absolute Gasteiger partial charge is 0.319 e. The summed E-state index contributed by atoms with van der Waals surface area (Å²) in [7, 11) is 0. The Morgan fingerprint density at radius 2 is 2.00 bits per heavy atom. The first-order valence-corrected chi connectivity index (χ1v) is 12.7. The highest BCUT2D eigenvalue weighted by Crippen LogP contribution is 2.37. The third-order valence-electron chi connectivity index (χ3n) is 5.96. The predicted molar refractivity (Wildman–Crippen MR) is 142 cm³/mol. The van der Waals surface area contributed by atoms with Gasteiger partial charge in [-0.25, -0.2) is 4.39 Å². The number of rotatable bonds is 8. The van der Waals surface area contributed by atoms with Gasteiger partial charge < -0.3 is 21.1 Å². The molecule has 8 nitrogen and oxygen atoms in total. The number of aromatic nitrogens is 1. The van der Waals surface area contributed by atoms with Gasteiger partial charge in [-0.05, 0) is 47.0 Å². The molecule has 0 bridgehead atoms. The first kappa shape index (κ1) is 26.3. The Hall–Kier alpha value is -3.76. The number of nitrogens with one attached hydrogen (secondary N) is 2. The second kappa shape index (κ2) is 11.1. The minimum atomic E-state index is -0.635. The first-order chi connectivity index (χ1) is 17.7. The van der Waals surface area contributed by atoms with Gasteiger partial charge in [0.2, 0.25) is 5.91 Å². The number of hydrogen-bond acceptors (Lipinski definition) is 7. The number of halogens is 1. The van der Waals surface area contributed by atoms with Crippen LogP contribution in [0.4, 0.5) is 15.8 Å². The van der Waals surface area contributed by atoms with Gasteiger partial charge in [-0.1, -0.05) is 32.0 Å². The van der Waals surface area contributed by atoms with Crippen molar-refractivity contribution in [2.75, 3.05) is 23.0 Å². The van der Waals surface area contributed by atoms with Crippen LogP contribution < -0.4 is 16.4 Å². The maximum atomic E-state index is 13.9. The summed E-state index contributed by atoms with van der Waals surface area (Å²) in [5.41, 5.74) is 8.78.